The van der Waals surface area contributed by atoms with Crippen LogP contribution >= 0.6 is 0 Å². The Morgan fingerprint density at radius 3 is 2.50 bits per heavy atom. The van der Waals surface area contributed by atoms with Crippen LogP contribution in [0.25, 0.3) is 5.76 Å². The van der Waals surface area contributed by atoms with E-state index in [-0.39, 0.29) is 11.3 Å². The Bertz CT molecular complexity index is 1250. The number of hydrogen-bond acceptors (Lipinski definition) is 6. The number of likely N-dealkylation sites (tertiary alicyclic amines) is 1. The molecule has 1 atom stereocenters. The van der Waals surface area contributed by atoms with Crippen molar-refractivity contribution in [2.45, 2.75) is 52.1 Å². The molecule has 0 spiro atoms. The van der Waals surface area contributed by atoms with Crippen molar-refractivity contribution >= 4 is 17.4 Å². The Kier molecular flexibility index (Phi) is 9.19. The highest BCUT2D eigenvalue weighted by molar-refractivity contribution is 6.46. The summed E-state index contributed by atoms with van der Waals surface area (Å²) < 4.78 is 13.4. The molecule has 2 heterocycles. The van der Waals surface area contributed by atoms with Crippen molar-refractivity contribution < 1.29 is 24.2 Å². The van der Waals surface area contributed by atoms with E-state index < -0.39 is 17.7 Å². The van der Waals surface area contributed by atoms with Gasteiger partial charge in [-0.15, -0.1) is 0 Å². The van der Waals surface area contributed by atoms with Gasteiger partial charge in [0.25, 0.3) is 11.7 Å². The second kappa shape index (κ2) is 12.9. The Balaban J connectivity index is 1.67. The van der Waals surface area contributed by atoms with E-state index in [1.165, 1.54) is 0 Å². The van der Waals surface area contributed by atoms with Crippen LogP contribution in [0.2, 0.25) is 0 Å². The SMILES string of the molecule is CCCCCOc1cccc(C2C(=C(O)c3ccc(OCC)cc3)C(=O)C(=O)N2CCCn2ccnc2)c1. The molecular formula is C30H35N3O5. The molecule has 0 bridgehead atoms. The molecule has 1 amide bonds. The number of aryl methyl sites for hydroxylation is 1. The molecule has 1 saturated heterocycles. The van der Waals surface area contributed by atoms with Crippen molar-refractivity contribution in [3.05, 3.63) is 84.0 Å². The van der Waals surface area contributed by atoms with Gasteiger partial charge in [0.2, 0.25) is 0 Å². The number of rotatable bonds is 13. The van der Waals surface area contributed by atoms with Gasteiger partial charge in [-0.05, 0) is 61.7 Å². The number of aliphatic hydroxyl groups is 1. The first kappa shape index (κ1) is 27.0. The molecule has 8 heteroatoms. The van der Waals surface area contributed by atoms with Crippen LogP contribution in [0.1, 0.15) is 56.7 Å². The predicted molar refractivity (Wildman–Crippen MR) is 145 cm³/mol. The Morgan fingerprint density at radius 1 is 0.974 bits per heavy atom. The summed E-state index contributed by atoms with van der Waals surface area (Å²) in [5.74, 6) is -0.194. The molecule has 4 rings (SSSR count). The molecular weight excluding hydrogens is 482 g/mol. The van der Waals surface area contributed by atoms with Crippen molar-refractivity contribution in [3.63, 3.8) is 0 Å². The molecule has 2 aromatic carbocycles. The number of aromatic nitrogens is 2. The second-order valence-corrected chi connectivity index (χ2v) is 9.23. The maximum atomic E-state index is 13.3. The van der Waals surface area contributed by atoms with Crippen LogP contribution in [-0.2, 0) is 16.1 Å². The highest BCUT2D eigenvalue weighted by Crippen LogP contribution is 2.40. The van der Waals surface area contributed by atoms with E-state index in [9.17, 15) is 14.7 Å². The largest absolute Gasteiger partial charge is 0.507 e. The smallest absolute Gasteiger partial charge is 0.295 e. The van der Waals surface area contributed by atoms with E-state index in [0.717, 1.165) is 19.3 Å². The first-order chi connectivity index (χ1) is 18.5. The van der Waals surface area contributed by atoms with Gasteiger partial charge in [0.1, 0.15) is 17.3 Å². The lowest BCUT2D eigenvalue weighted by atomic mass is 9.95. The van der Waals surface area contributed by atoms with Crippen molar-refractivity contribution in [3.8, 4) is 11.5 Å². The maximum Gasteiger partial charge on any atom is 0.295 e. The minimum Gasteiger partial charge on any atom is -0.507 e. The molecule has 1 aliphatic rings. The second-order valence-electron chi connectivity index (χ2n) is 9.23. The topological polar surface area (TPSA) is 93.9 Å². The van der Waals surface area contributed by atoms with Crippen molar-refractivity contribution in [1.82, 2.24) is 14.5 Å². The zero-order chi connectivity index (χ0) is 26.9. The van der Waals surface area contributed by atoms with E-state index in [1.54, 1.807) is 41.7 Å². The number of hydrogen-bond donors (Lipinski definition) is 1. The van der Waals surface area contributed by atoms with E-state index in [2.05, 4.69) is 11.9 Å². The van der Waals surface area contributed by atoms with Gasteiger partial charge in [-0.1, -0.05) is 31.9 Å². The third-order valence-electron chi connectivity index (χ3n) is 6.54. The monoisotopic (exact) mass is 517 g/mol. The minimum atomic E-state index is -0.733. The van der Waals surface area contributed by atoms with Gasteiger partial charge in [-0.2, -0.15) is 0 Å². The summed E-state index contributed by atoms with van der Waals surface area (Å²) in [5, 5.41) is 11.3. The summed E-state index contributed by atoms with van der Waals surface area (Å²) in [6.45, 7) is 6.13. The van der Waals surface area contributed by atoms with Gasteiger partial charge in [0.05, 0.1) is 31.2 Å². The van der Waals surface area contributed by atoms with Crippen LogP contribution in [0.15, 0.2) is 72.8 Å². The van der Waals surface area contributed by atoms with E-state index in [0.29, 0.717) is 55.4 Å². The first-order valence-electron chi connectivity index (χ1n) is 13.2. The average molecular weight is 518 g/mol. The van der Waals surface area contributed by atoms with Crippen LogP contribution in [0.4, 0.5) is 0 Å². The summed E-state index contributed by atoms with van der Waals surface area (Å²) in [6, 6.07) is 13.6. The number of carbonyl (C=O) groups is 2. The molecule has 0 aliphatic carbocycles. The summed E-state index contributed by atoms with van der Waals surface area (Å²) in [5.41, 5.74) is 1.24. The molecule has 1 aromatic heterocycles. The van der Waals surface area contributed by atoms with Crippen molar-refractivity contribution in [1.29, 1.82) is 0 Å². The third-order valence-corrected chi connectivity index (χ3v) is 6.54. The van der Waals surface area contributed by atoms with Gasteiger partial charge in [0, 0.05) is 31.0 Å². The van der Waals surface area contributed by atoms with E-state index >= 15 is 0 Å². The van der Waals surface area contributed by atoms with Crippen molar-refractivity contribution in [2.24, 2.45) is 0 Å². The number of imidazole rings is 1. The fraction of sp³-hybridized carbons (Fsp3) is 0.367. The average Bonchev–Trinajstić information content (AvgIpc) is 3.54. The van der Waals surface area contributed by atoms with Gasteiger partial charge in [0.15, 0.2) is 0 Å². The third kappa shape index (κ3) is 6.25. The molecule has 200 valence electrons. The van der Waals surface area contributed by atoms with Gasteiger partial charge in [-0.3, -0.25) is 9.59 Å². The van der Waals surface area contributed by atoms with Crippen LogP contribution in [0.3, 0.4) is 0 Å². The minimum absolute atomic E-state index is 0.0740. The molecule has 3 aromatic rings. The number of ether oxygens (including phenoxy) is 2. The highest BCUT2D eigenvalue weighted by atomic mass is 16.5. The molecule has 8 nitrogen and oxygen atoms in total. The lowest BCUT2D eigenvalue weighted by Crippen LogP contribution is -2.31. The zero-order valence-corrected chi connectivity index (χ0v) is 22.0. The summed E-state index contributed by atoms with van der Waals surface area (Å²) in [6.07, 6.45) is 9.03. The van der Waals surface area contributed by atoms with Crippen LogP contribution in [0.5, 0.6) is 11.5 Å². The van der Waals surface area contributed by atoms with Gasteiger partial charge < -0.3 is 24.0 Å². The maximum absolute atomic E-state index is 13.3. The quantitative estimate of drug-likeness (QED) is 0.142. The molecule has 0 saturated carbocycles. The number of ketones is 1. The summed E-state index contributed by atoms with van der Waals surface area (Å²) in [7, 11) is 0. The molecule has 1 N–H and O–H groups in total. The Labute approximate surface area is 223 Å². The molecule has 38 heavy (non-hydrogen) atoms. The summed E-state index contributed by atoms with van der Waals surface area (Å²) in [4.78, 5) is 32.2. The van der Waals surface area contributed by atoms with Crippen molar-refractivity contribution in [2.75, 3.05) is 19.8 Å². The van der Waals surface area contributed by atoms with Crippen LogP contribution in [-0.4, -0.2) is 51.0 Å². The number of Topliss-reactive ketones (excluding diaryl/α,β-unsaturated/α-hetero) is 1. The zero-order valence-electron chi connectivity index (χ0n) is 22.0. The number of aliphatic hydroxyl groups excluding tert-OH is 1. The first-order valence-corrected chi connectivity index (χ1v) is 13.2. The molecule has 1 aliphatic heterocycles. The molecule has 0 radical (unpaired) electrons. The number of nitrogens with zero attached hydrogens (tertiary/aromatic N) is 3. The summed E-state index contributed by atoms with van der Waals surface area (Å²) >= 11 is 0. The molecule has 1 fully saturated rings. The number of carbonyl (C=O) groups excluding carboxylic acids is 2. The normalized spacial score (nSPS) is 16.7. The predicted octanol–water partition coefficient (Wildman–Crippen LogP) is 5.36. The lowest BCUT2D eigenvalue weighted by Gasteiger charge is -2.26. The van der Waals surface area contributed by atoms with E-state index in [4.69, 9.17) is 9.47 Å². The Morgan fingerprint density at radius 2 is 1.79 bits per heavy atom. The van der Waals surface area contributed by atoms with Gasteiger partial charge >= 0.3 is 0 Å². The Hall–Kier alpha value is -4.07. The van der Waals surface area contributed by atoms with Crippen LogP contribution in [0, 0.1) is 0 Å². The van der Waals surface area contributed by atoms with E-state index in [1.807, 2.05) is 42.0 Å². The number of amides is 1. The van der Waals surface area contributed by atoms with Gasteiger partial charge in [-0.25, -0.2) is 4.98 Å². The number of benzene rings is 2. The fourth-order valence-electron chi connectivity index (χ4n) is 4.65. The fourth-order valence-corrected chi connectivity index (χ4v) is 4.65. The van der Waals surface area contributed by atoms with Crippen LogP contribution < -0.4 is 9.47 Å². The highest BCUT2D eigenvalue weighted by Gasteiger charge is 2.45. The standard InChI is InChI=1S/C30H35N3O5/c1-3-5-6-19-38-25-10-7-9-23(20-25)27-26(28(34)22-11-13-24(14-12-22)37-4-2)29(35)30(36)33(27)17-8-16-32-18-15-31-21-32/h7,9-15,18,20-21,27,34H,3-6,8,16-17,19H2,1-2H3. The molecule has 1 unspecified atom stereocenters. The lowest BCUT2D eigenvalue weighted by molar-refractivity contribution is -0.139. The number of unbranched alkanes of at least 4 members (excludes halogenated alkanes) is 2.